The first-order valence-electron chi connectivity index (χ1n) is 16.1. The van der Waals surface area contributed by atoms with Crippen LogP contribution in [0.1, 0.15) is 133 Å². The maximum atomic E-state index is 13.1. The Labute approximate surface area is 262 Å². The fourth-order valence-electron chi connectivity index (χ4n) is 5.39. The van der Waals surface area contributed by atoms with E-state index in [1.54, 1.807) is 0 Å². The molecular weight excluding hydrogens is 556 g/mol. The molecule has 10 nitrogen and oxygen atoms in total. The van der Waals surface area contributed by atoms with Crippen molar-refractivity contribution in [1.29, 1.82) is 0 Å². The summed E-state index contributed by atoms with van der Waals surface area (Å²) in [6.07, 6.45) is 17.1. The number of primary amides is 2. The Kier molecular flexibility index (Phi) is 16.4. The Bertz CT molecular complexity index is 1120. The number of unbranched alkanes of at least 4 members (excludes halogenated alkanes) is 9. The number of nitrogens with zero attached hydrogens (tertiary/aromatic N) is 2. The summed E-state index contributed by atoms with van der Waals surface area (Å²) in [4.78, 5) is 57.7. The molecule has 0 aliphatic heterocycles. The van der Waals surface area contributed by atoms with E-state index in [0.717, 1.165) is 38.8 Å². The third-order valence-corrected chi connectivity index (χ3v) is 7.93. The highest BCUT2D eigenvalue weighted by molar-refractivity contribution is 6.10. The maximum Gasteiger partial charge on any atom is 0.249 e. The van der Waals surface area contributed by atoms with E-state index in [4.69, 9.17) is 11.5 Å². The molecule has 0 saturated carbocycles. The van der Waals surface area contributed by atoms with Crippen molar-refractivity contribution < 1.29 is 19.2 Å². The van der Waals surface area contributed by atoms with Crippen LogP contribution >= 0.6 is 0 Å². The average Bonchev–Trinajstić information content (AvgIpc) is 2.99. The van der Waals surface area contributed by atoms with E-state index in [1.165, 1.54) is 75.4 Å². The largest absolute Gasteiger partial charge is 0.366 e. The number of carbonyl (C=O) groups excluding carboxylic acids is 4. The zero-order valence-electron chi connectivity index (χ0n) is 26.9. The van der Waals surface area contributed by atoms with Crippen LogP contribution in [0.5, 0.6) is 0 Å². The van der Waals surface area contributed by atoms with Gasteiger partial charge in [0.25, 0.3) is 0 Å². The highest BCUT2D eigenvalue weighted by Crippen LogP contribution is 2.17. The summed E-state index contributed by atoms with van der Waals surface area (Å²) in [5.41, 5.74) is 11.9. The van der Waals surface area contributed by atoms with Crippen molar-refractivity contribution in [1.82, 2.24) is 20.6 Å². The summed E-state index contributed by atoms with van der Waals surface area (Å²) in [6, 6.07) is 2.21. The quantitative estimate of drug-likeness (QED) is 0.102. The van der Waals surface area contributed by atoms with Gasteiger partial charge < -0.3 is 22.1 Å². The number of hydrogen-bond donors (Lipinski definition) is 4. The van der Waals surface area contributed by atoms with Crippen molar-refractivity contribution in [2.45, 2.75) is 104 Å². The summed E-state index contributed by atoms with van der Waals surface area (Å²) in [6.45, 7) is 9.44. The number of aromatic nitrogens is 2. The lowest BCUT2D eigenvalue weighted by atomic mass is 9.93. The molecule has 0 saturated heterocycles. The standard InChI is InChI=1S/C34H52N6O4/c1-23(2)29(31(41)27-21-37-19-15-25(27)33(35)43)39-17-13-11-9-7-5-6-8-10-12-14-18-40-30(24(3)4)32(42)28-22-38-20-16-26(28)34(36)44/h15-16,19-24,29-30,39-40H,5-14,17-18H2,1-4H3,(H2,35,43)(H2,36,44). The molecule has 0 radical (unpaired) electrons. The Hall–Kier alpha value is -3.50. The second-order valence-corrected chi connectivity index (χ2v) is 12.2. The number of ketones is 2. The molecule has 0 aromatic carbocycles. The Morgan fingerprint density at radius 1 is 0.568 bits per heavy atom. The van der Waals surface area contributed by atoms with Gasteiger partial charge in [-0.3, -0.25) is 29.1 Å². The molecule has 2 amide bonds. The lowest BCUT2D eigenvalue weighted by Crippen LogP contribution is -2.42. The molecule has 44 heavy (non-hydrogen) atoms. The van der Waals surface area contributed by atoms with Gasteiger partial charge in [-0.05, 0) is 49.9 Å². The average molecular weight is 609 g/mol. The molecule has 0 fully saturated rings. The molecule has 2 atom stereocenters. The summed E-state index contributed by atoms with van der Waals surface area (Å²) in [5.74, 6) is -1.39. The van der Waals surface area contributed by atoms with Crippen LogP contribution in [0.15, 0.2) is 36.9 Å². The van der Waals surface area contributed by atoms with E-state index in [-0.39, 0.29) is 57.7 Å². The van der Waals surface area contributed by atoms with E-state index in [1.807, 2.05) is 27.7 Å². The van der Waals surface area contributed by atoms with E-state index in [0.29, 0.717) is 0 Å². The molecule has 0 bridgehead atoms. The summed E-state index contributed by atoms with van der Waals surface area (Å²) < 4.78 is 0. The van der Waals surface area contributed by atoms with Gasteiger partial charge >= 0.3 is 0 Å². The highest BCUT2D eigenvalue weighted by atomic mass is 16.2. The second kappa shape index (κ2) is 19.7. The Morgan fingerprint density at radius 3 is 1.18 bits per heavy atom. The smallest absolute Gasteiger partial charge is 0.249 e. The predicted molar refractivity (Wildman–Crippen MR) is 174 cm³/mol. The summed E-state index contributed by atoms with van der Waals surface area (Å²) in [7, 11) is 0. The zero-order valence-corrected chi connectivity index (χ0v) is 26.9. The molecule has 2 heterocycles. The van der Waals surface area contributed by atoms with Gasteiger partial charge in [-0.1, -0.05) is 79.1 Å². The third kappa shape index (κ3) is 11.9. The SMILES string of the molecule is CC(C)C(NCCCCCCCCCCCCNC(C(=O)c1cnccc1C(N)=O)C(C)C)C(=O)c1cnccc1C(N)=O. The van der Waals surface area contributed by atoms with Crippen molar-refractivity contribution >= 4 is 23.4 Å². The number of amides is 2. The van der Waals surface area contributed by atoms with E-state index in [2.05, 4.69) is 20.6 Å². The molecule has 0 aliphatic carbocycles. The third-order valence-electron chi connectivity index (χ3n) is 7.93. The number of rotatable bonds is 23. The van der Waals surface area contributed by atoms with Crippen LogP contribution in [0.25, 0.3) is 0 Å². The molecule has 0 aliphatic rings. The van der Waals surface area contributed by atoms with Gasteiger partial charge in [-0.15, -0.1) is 0 Å². The van der Waals surface area contributed by atoms with Crippen molar-refractivity contribution in [3.63, 3.8) is 0 Å². The van der Waals surface area contributed by atoms with Gasteiger partial charge in [0.05, 0.1) is 34.3 Å². The predicted octanol–water partition coefficient (Wildman–Crippen LogP) is 4.87. The molecule has 2 aromatic heterocycles. The van der Waals surface area contributed by atoms with E-state index < -0.39 is 11.8 Å². The first kappa shape index (κ1) is 36.7. The monoisotopic (exact) mass is 608 g/mol. The molecular formula is C34H52N6O4. The minimum Gasteiger partial charge on any atom is -0.366 e. The number of Topliss-reactive ketones (excluding diaryl/α,β-unsaturated/α-hetero) is 2. The minimum atomic E-state index is -0.622. The van der Waals surface area contributed by atoms with Crippen molar-refractivity contribution in [3.8, 4) is 0 Å². The normalized spacial score (nSPS) is 12.8. The highest BCUT2D eigenvalue weighted by Gasteiger charge is 2.27. The maximum absolute atomic E-state index is 13.1. The van der Waals surface area contributed by atoms with Gasteiger partial charge in [-0.2, -0.15) is 0 Å². The number of carbonyl (C=O) groups is 4. The van der Waals surface area contributed by atoms with Gasteiger partial charge in [0.1, 0.15) is 0 Å². The first-order valence-corrected chi connectivity index (χ1v) is 16.1. The van der Waals surface area contributed by atoms with Gasteiger partial charge in [0.15, 0.2) is 11.6 Å². The molecule has 10 heteroatoms. The van der Waals surface area contributed by atoms with E-state index in [9.17, 15) is 19.2 Å². The van der Waals surface area contributed by atoms with Crippen LogP contribution in [-0.4, -0.2) is 58.5 Å². The fraction of sp³-hybridized carbons (Fsp3) is 0.588. The number of nitrogens with one attached hydrogen (secondary N) is 2. The first-order chi connectivity index (χ1) is 21.1. The minimum absolute atomic E-state index is 0.0710. The van der Waals surface area contributed by atoms with Crippen LogP contribution in [0.2, 0.25) is 0 Å². The van der Waals surface area contributed by atoms with Gasteiger partial charge in [0.2, 0.25) is 11.8 Å². The molecule has 2 aromatic rings. The number of nitrogens with two attached hydrogens (primary N) is 2. The lowest BCUT2D eigenvalue weighted by Gasteiger charge is -2.22. The van der Waals surface area contributed by atoms with Crippen LogP contribution in [0.3, 0.4) is 0 Å². The van der Waals surface area contributed by atoms with Gasteiger partial charge in [-0.25, -0.2) is 0 Å². The van der Waals surface area contributed by atoms with Gasteiger partial charge in [0, 0.05) is 24.8 Å². The zero-order chi connectivity index (χ0) is 32.5. The molecule has 0 spiro atoms. The fourth-order valence-corrected chi connectivity index (χ4v) is 5.39. The number of hydrogen-bond acceptors (Lipinski definition) is 8. The van der Waals surface area contributed by atoms with Crippen LogP contribution in [-0.2, 0) is 0 Å². The number of pyridine rings is 2. The van der Waals surface area contributed by atoms with Crippen molar-refractivity contribution in [3.05, 3.63) is 59.2 Å². The second-order valence-electron chi connectivity index (χ2n) is 12.2. The summed E-state index contributed by atoms with van der Waals surface area (Å²) in [5, 5.41) is 6.76. The summed E-state index contributed by atoms with van der Waals surface area (Å²) >= 11 is 0. The lowest BCUT2D eigenvalue weighted by molar-refractivity contribution is 0.0901. The van der Waals surface area contributed by atoms with Crippen molar-refractivity contribution in [2.24, 2.45) is 23.3 Å². The Morgan fingerprint density at radius 2 is 0.886 bits per heavy atom. The topological polar surface area (TPSA) is 170 Å². The van der Waals surface area contributed by atoms with Crippen LogP contribution in [0, 0.1) is 11.8 Å². The Balaban J connectivity index is 1.56. The van der Waals surface area contributed by atoms with E-state index >= 15 is 0 Å². The molecule has 242 valence electrons. The molecule has 2 rings (SSSR count). The molecule has 6 N–H and O–H groups in total. The van der Waals surface area contributed by atoms with Crippen LogP contribution < -0.4 is 22.1 Å². The molecule has 2 unspecified atom stereocenters. The van der Waals surface area contributed by atoms with Crippen molar-refractivity contribution in [2.75, 3.05) is 13.1 Å². The van der Waals surface area contributed by atoms with Crippen LogP contribution in [0.4, 0.5) is 0 Å².